The van der Waals surface area contributed by atoms with E-state index < -0.39 is 5.91 Å². The summed E-state index contributed by atoms with van der Waals surface area (Å²) in [6, 6.07) is 6.53. The van der Waals surface area contributed by atoms with E-state index in [0.29, 0.717) is 23.7 Å². The molecule has 29 heavy (non-hydrogen) atoms. The molecule has 0 saturated heterocycles. The van der Waals surface area contributed by atoms with Crippen LogP contribution < -0.4 is 15.4 Å². The van der Waals surface area contributed by atoms with Crippen molar-refractivity contribution in [2.75, 3.05) is 26.0 Å². The monoisotopic (exact) mass is 415 g/mol. The Hall–Kier alpha value is -3.07. The molecule has 2 N–H and O–H groups in total. The fraction of sp³-hybridized carbons (Fsp3) is 0.350. The van der Waals surface area contributed by atoms with E-state index in [2.05, 4.69) is 27.5 Å². The molecule has 2 aromatic rings. The molecule has 0 radical (unpaired) electrons. The molecule has 0 aliphatic rings. The zero-order valence-corrected chi connectivity index (χ0v) is 17.6. The summed E-state index contributed by atoms with van der Waals surface area (Å²) in [5.41, 5.74) is 1.18. The van der Waals surface area contributed by atoms with Gasteiger partial charge in [-0.15, -0.1) is 0 Å². The predicted molar refractivity (Wildman–Crippen MR) is 115 cm³/mol. The van der Waals surface area contributed by atoms with Crippen molar-refractivity contribution in [2.45, 2.75) is 26.2 Å². The van der Waals surface area contributed by atoms with Crippen LogP contribution in [-0.4, -0.2) is 52.5 Å². The summed E-state index contributed by atoms with van der Waals surface area (Å²) >= 11 is 5.16. The Labute approximate surface area is 175 Å². The fourth-order valence-electron chi connectivity index (χ4n) is 2.29. The van der Waals surface area contributed by atoms with E-state index in [4.69, 9.17) is 17.0 Å². The van der Waals surface area contributed by atoms with Crippen molar-refractivity contribution < 1.29 is 14.3 Å². The quantitative estimate of drug-likeness (QED) is 0.505. The molecule has 0 bridgehead atoms. The molecule has 0 fully saturated rings. The number of hydrogen-bond acceptors (Lipinski definition) is 6. The summed E-state index contributed by atoms with van der Waals surface area (Å²) in [6.45, 7) is 2.77. The number of amides is 2. The first kappa shape index (κ1) is 22.2. The van der Waals surface area contributed by atoms with E-state index in [0.717, 1.165) is 19.3 Å². The SMILES string of the molecule is CCCCCOc1ccc(NC(=S)NC(=O)c2ccc(C(=O)N(C)C)nc2)cn1. The van der Waals surface area contributed by atoms with Crippen LogP contribution in [0.15, 0.2) is 36.7 Å². The van der Waals surface area contributed by atoms with Gasteiger partial charge in [-0.2, -0.15) is 0 Å². The third-order valence-corrected chi connectivity index (χ3v) is 4.07. The normalized spacial score (nSPS) is 10.2. The Balaban J connectivity index is 1.85. The molecule has 2 heterocycles. The molecule has 2 aromatic heterocycles. The van der Waals surface area contributed by atoms with Gasteiger partial charge in [-0.3, -0.25) is 19.9 Å². The molecule has 0 unspecified atom stereocenters. The van der Waals surface area contributed by atoms with Crippen LogP contribution in [0.1, 0.15) is 47.0 Å². The van der Waals surface area contributed by atoms with Gasteiger partial charge in [-0.05, 0) is 36.8 Å². The highest BCUT2D eigenvalue weighted by atomic mass is 32.1. The summed E-state index contributed by atoms with van der Waals surface area (Å²) in [5, 5.41) is 5.58. The lowest BCUT2D eigenvalue weighted by molar-refractivity contribution is 0.0821. The van der Waals surface area contributed by atoms with E-state index in [1.165, 1.54) is 23.2 Å². The molecule has 0 spiro atoms. The number of nitrogens with one attached hydrogen (secondary N) is 2. The van der Waals surface area contributed by atoms with E-state index in [9.17, 15) is 9.59 Å². The van der Waals surface area contributed by atoms with Gasteiger partial charge in [0.1, 0.15) is 5.69 Å². The maximum absolute atomic E-state index is 12.3. The minimum atomic E-state index is -0.428. The van der Waals surface area contributed by atoms with Crippen LogP contribution in [0.25, 0.3) is 0 Å². The van der Waals surface area contributed by atoms with Gasteiger partial charge in [-0.25, -0.2) is 4.98 Å². The molecule has 2 amide bonds. The maximum atomic E-state index is 12.3. The van der Waals surface area contributed by atoms with Crippen molar-refractivity contribution in [3.05, 3.63) is 47.9 Å². The summed E-state index contributed by atoms with van der Waals surface area (Å²) in [6.07, 6.45) is 6.17. The number of rotatable bonds is 8. The number of carbonyl (C=O) groups is 2. The highest BCUT2D eigenvalue weighted by Gasteiger charge is 2.13. The van der Waals surface area contributed by atoms with Gasteiger partial charge in [0, 0.05) is 26.4 Å². The van der Waals surface area contributed by atoms with E-state index >= 15 is 0 Å². The topological polar surface area (TPSA) is 96.5 Å². The molecular formula is C20H25N5O3S. The second-order valence-corrected chi connectivity index (χ2v) is 6.89. The van der Waals surface area contributed by atoms with E-state index in [1.54, 1.807) is 32.4 Å². The average molecular weight is 416 g/mol. The summed E-state index contributed by atoms with van der Waals surface area (Å²) in [7, 11) is 3.27. The average Bonchev–Trinajstić information content (AvgIpc) is 2.71. The van der Waals surface area contributed by atoms with Gasteiger partial charge in [0.2, 0.25) is 5.88 Å². The molecule has 0 saturated carbocycles. The molecule has 0 aliphatic heterocycles. The molecule has 0 aromatic carbocycles. The zero-order chi connectivity index (χ0) is 21.2. The number of pyridine rings is 2. The van der Waals surface area contributed by atoms with Crippen molar-refractivity contribution >= 4 is 34.8 Å². The first-order valence-corrected chi connectivity index (χ1v) is 9.70. The maximum Gasteiger partial charge on any atom is 0.271 e. The number of hydrogen-bond donors (Lipinski definition) is 2. The summed E-state index contributed by atoms with van der Waals surface area (Å²) < 4.78 is 5.56. The van der Waals surface area contributed by atoms with Gasteiger partial charge in [-0.1, -0.05) is 19.8 Å². The first-order valence-electron chi connectivity index (χ1n) is 9.29. The number of thiocarbonyl (C=S) groups is 1. The Morgan fingerprint density at radius 3 is 2.48 bits per heavy atom. The van der Waals surface area contributed by atoms with Gasteiger partial charge in [0.25, 0.3) is 11.8 Å². The first-order chi connectivity index (χ1) is 13.9. The molecule has 0 atom stereocenters. The van der Waals surface area contributed by atoms with Gasteiger partial charge >= 0.3 is 0 Å². The highest BCUT2D eigenvalue weighted by Crippen LogP contribution is 2.12. The third-order valence-electron chi connectivity index (χ3n) is 3.87. The Morgan fingerprint density at radius 1 is 1.10 bits per heavy atom. The Bertz CT molecular complexity index is 838. The smallest absolute Gasteiger partial charge is 0.271 e. The van der Waals surface area contributed by atoms with Crippen LogP contribution in [0.4, 0.5) is 5.69 Å². The van der Waals surface area contributed by atoms with Crippen LogP contribution >= 0.6 is 12.2 Å². The van der Waals surface area contributed by atoms with Crippen molar-refractivity contribution in [2.24, 2.45) is 0 Å². The van der Waals surface area contributed by atoms with Crippen LogP contribution in [0.5, 0.6) is 5.88 Å². The minimum absolute atomic E-state index is 0.127. The lowest BCUT2D eigenvalue weighted by Crippen LogP contribution is -2.34. The number of carbonyl (C=O) groups excluding carboxylic acids is 2. The Morgan fingerprint density at radius 2 is 1.90 bits per heavy atom. The second-order valence-electron chi connectivity index (χ2n) is 6.48. The lowest BCUT2D eigenvalue weighted by atomic mass is 10.2. The van der Waals surface area contributed by atoms with Crippen LogP contribution in [-0.2, 0) is 0 Å². The zero-order valence-electron chi connectivity index (χ0n) is 16.8. The largest absolute Gasteiger partial charge is 0.478 e. The van der Waals surface area contributed by atoms with E-state index in [1.807, 2.05) is 0 Å². The van der Waals surface area contributed by atoms with Gasteiger partial charge < -0.3 is 15.0 Å². The molecular weight excluding hydrogens is 390 g/mol. The molecule has 8 nitrogen and oxygen atoms in total. The van der Waals surface area contributed by atoms with Crippen LogP contribution in [0, 0.1) is 0 Å². The molecule has 2 rings (SSSR count). The minimum Gasteiger partial charge on any atom is -0.478 e. The number of nitrogens with zero attached hydrogens (tertiary/aromatic N) is 3. The highest BCUT2D eigenvalue weighted by molar-refractivity contribution is 7.80. The van der Waals surface area contributed by atoms with E-state index in [-0.39, 0.29) is 16.7 Å². The molecule has 0 aliphatic carbocycles. The van der Waals surface area contributed by atoms with Crippen molar-refractivity contribution in [3.8, 4) is 5.88 Å². The second kappa shape index (κ2) is 11.1. The van der Waals surface area contributed by atoms with Crippen molar-refractivity contribution in [1.82, 2.24) is 20.2 Å². The summed E-state index contributed by atoms with van der Waals surface area (Å²) in [4.78, 5) is 33.7. The number of anilines is 1. The van der Waals surface area contributed by atoms with Crippen LogP contribution in [0.3, 0.4) is 0 Å². The number of unbranched alkanes of at least 4 members (excludes halogenated alkanes) is 2. The number of aromatic nitrogens is 2. The van der Waals surface area contributed by atoms with Crippen molar-refractivity contribution in [3.63, 3.8) is 0 Å². The van der Waals surface area contributed by atoms with Gasteiger partial charge in [0.05, 0.1) is 24.1 Å². The van der Waals surface area contributed by atoms with Crippen LogP contribution in [0.2, 0.25) is 0 Å². The van der Waals surface area contributed by atoms with Crippen molar-refractivity contribution in [1.29, 1.82) is 0 Å². The molecule has 154 valence electrons. The lowest BCUT2D eigenvalue weighted by Gasteiger charge is -2.11. The predicted octanol–water partition coefficient (Wildman–Crippen LogP) is 2.87. The molecule has 9 heteroatoms. The summed E-state index contributed by atoms with van der Waals surface area (Å²) in [5.74, 6) is -0.123. The van der Waals surface area contributed by atoms with Gasteiger partial charge in [0.15, 0.2) is 5.11 Å². The fourth-order valence-corrected chi connectivity index (χ4v) is 2.50. The Kier molecular flexibility index (Phi) is 8.47. The third kappa shape index (κ3) is 7.11. The standard InChI is InChI=1S/C20H25N5O3S/c1-4-5-6-11-28-17-10-8-15(13-22-17)23-20(29)24-18(26)14-7-9-16(21-12-14)19(27)25(2)3/h7-10,12-13H,4-6,11H2,1-3H3,(H2,23,24,26,29). The number of ether oxygens (including phenoxy) is 1.